The maximum absolute atomic E-state index is 6.14. The molecule has 1 heterocycles. The van der Waals surface area contributed by atoms with Gasteiger partial charge < -0.3 is 10.1 Å². The van der Waals surface area contributed by atoms with Crippen LogP contribution in [0.1, 0.15) is 45.4 Å². The molecule has 0 saturated heterocycles. The van der Waals surface area contributed by atoms with Crippen LogP contribution in [0.15, 0.2) is 24.4 Å². The van der Waals surface area contributed by atoms with Gasteiger partial charge in [0.15, 0.2) is 0 Å². The molecule has 2 N–H and O–H groups in total. The van der Waals surface area contributed by atoms with E-state index in [0.717, 1.165) is 36.0 Å². The number of hydrogen-bond acceptors (Lipinski definition) is 3. The normalized spacial score (nSPS) is 22.5. The van der Waals surface area contributed by atoms with Crippen LogP contribution in [0, 0.1) is 0 Å². The largest absolute Gasteiger partial charge is 0.490 e. The van der Waals surface area contributed by atoms with Gasteiger partial charge in [-0.2, -0.15) is 5.10 Å². The molecule has 1 saturated carbocycles. The van der Waals surface area contributed by atoms with Crippen LogP contribution in [-0.4, -0.2) is 28.9 Å². The molecule has 3 rings (SSSR count). The van der Waals surface area contributed by atoms with Crippen molar-refractivity contribution in [3.63, 3.8) is 0 Å². The second-order valence-electron chi connectivity index (χ2n) is 6.02. The molecule has 0 unspecified atom stereocenters. The summed E-state index contributed by atoms with van der Waals surface area (Å²) in [5.41, 5.74) is 1.06. The van der Waals surface area contributed by atoms with Gasteiger partial charge in [-0.25, -0.2) is 0 Å². The molecule has 0 spiro atoms. The number of unbranched alkanes of at least 4 members (excludes halogenated alkanes) is 1. The maximum Gasteiger partial charge on any atom is 0.120 e. The lowest BCUT2D eigenvalue weighted by atomic mass is 9.93. The zero-order valence-electron chi connectivity index (χ0n) is 12.8. The van der Waals surface area contributed by atoms with E-state index in [-0.39, 0.29) is 0 Å². The highest BCUT2D eigenvalue weighted by Crippen LogP contribution is 2.26. The average molecular weight is 287 g/mol. The number of H-pyrrole nitrogens is 1. The lowest BCUT2D eigenvalue weighted by Gasteiger charge is -2.29. The Bertz CT molecular complexity index is 558. The number of ether oxygens (including phenoxy) is 1. The fraction of sp³-hybridized carbons (Fsp3) is 0.588. The van der Waals surface area contributed by atoms with Gasteiger partial charge >= 0.3 is 0 Å². The highest BCUT2D eigenvalue weighted by molar-refractivity contribution is 5.79. The zero-order chi connectivity index (χ0) is 14.5. The lowest BCUT2D eigenvalue weighted by molar-refractivity contribution is 0.140. The predicted molar refractivity (Wildman–Crippen MR) is 85.7 cm³/mol. The lowest BCUT2D eigenvalue weighted by Crippen LogP contribution is -2.36. The summed E-state index contributed by atoms with van der Waals surface area (Å²) in [6.45, 7) is 3.40. The molecule has 4 heteroatoms. The van der Waals surface area contributed by atoms with Crippen LogP contribution in [0.25, 0.3) is 10.9 Å². The minimum absolute atomic E-state index is 0.360. The van der Waals surface area contributed by atoms with Gasteiger partial charge in [-0.1, -0.05) is 13.3 Å². The van der Waals surface area contributed by atoms with E-state index in [1.54, 1.807) is 0 Å². The van der Waals surface area contributed by atoms with Crippen molar-refractivity contribution in [3.05, 3.63) is 24.4 Å². The first-order chi connectivity index (χ1) is 10.3. The van der Waals surface area contributed by atoms with Crippen molar-refractivity contribution in [2.24, 2.45) is 0 Å². The molecule has 0 atom stereocenters. The van der Waals surface area contributed by atoms with Crippen LogP contribution in [0.2, 0.25) is 0 Å². The Hall–Kier alpha value is -1.55. The van der Waals surface area contributed by atoms with Gasteiger partial charge in [0, 0.05) is 11.4 Å². The third-order valence-electron chi connectivity index (χ3n) is 4.35. The van der Waals surface area contributed by atoms with Crippen LogP contribution >= 0.6 is 0 Å². The van der Waals surface area contributed by atoms with Crippen LogP contribution in [0.4, 0.5) is 0 Å². The second-order valence-corrected chi connectivity index (χ2v) is 6.02. The average Bonchev–Trinajstić information content (AvgIpc) is 2.97. The van der Waals surface area contributed by atoms with E-state index < -0.39 is 0 Å². The van der Waals surface area contributed by atoms with E-state index in [9.17, 15) is 0 Å². The molecule has 0 bridgehead atoms. The summed E-state index contributed by atoms with van der Waals surface area (Å²) >= 11 is 0. The Labute approximate surface area is 126 Å². The van der Waals surface area contributed by atoms with Crippen LogP contribution in [0.3, 0.4) is 0 Å². The summed E-state index contributed by atoms with van der Waals surface area (Å²) in [7, 11) is 0. The zero-order valence-corrected chi connectivity index (χ0v) is 12.8. The molecule has 0 radical (unpaired) electrons. The summed E-state index contributed by atoms with van der Waals surface area (Å²) in [5, 5.41) is 11.8. The summed E-state index contributed by atoms with van der Waals surface area (Å²) in [6.07, 6.45) is 9.49. The monoisotopic (exact) mass is 287 g/mol. The number of fused-ring (bicyclic) bond motifs is 1. The quantitative estimate of drug-likeness (QED) is 0.797. The summed E-state index contributed by atoms with van der Waals surface area (Å²) in [5.74, 6) is 0.964. The Morgan fingerprint density at radius 3 is 2.95 bits per heavy atom. The number of aromatic nitrogens is 2. The van der Waals surface area contributed by atoms with Gasteiger partial charge in [0.1, 0.15) is 5.75 Å². The molecule has 1 aliphatic carbocycles. The fourth-order valence-corrected chi connectivity index (χ4v) is 3.05. The molecular weight excluding hydrogens is 262 g/mol. The number of rotatable bonds is 6. The van der Waals surface area contributed by atoms with Crippen molar-refractivity contribution < 1.29 is 4.74 Å². The predicted octanol–water partition coefficient (Wildman–Crippen LogP) is 3.64. The molecule has 1 fully saturated rings. The van der Waals surface area contributed by atoms with Crippen molar-refractivity contribution in [2.75, 3.05) is 6.54 Å². The Kier molecular flexibility index (Phi) is 4.76. The topological polar surface area (TPSA) is 49.9 Å². The van der Waals surface area contributed by atoms with Gasteiger partial charge in [0.05, 0.1) is 17.8 Å². The highest BCUT2D eigenvalue weighted by atomic mass is 16.5. The molecule has 114 valence electrons. The molecule has 2 aromatic rings. The van der Waals surface area contributed by atoms with E-state index in [0.29, 0.717) is 12.1 Å². The number of hydrogen-bond donors (Lipinski definition) is 2. The third kappa shape index (κ3) is 3.76. The maximum atomic E-state index is 6.14. The van der Waals surface area contributed by atoms with E-state index >= 15 is 0 Å². The van der Waals surface area contributed by atoms with Gasteiger partial charge in [0.25, 0.3) is 0 Å². The van der Waals surface area contributed by atoms with Crippen molar-refractivity contribution in [3.8, 4) is 5.75 Å². The van der Waals surface area contributed by atoms with Crippen LogP contribution in [0.5, 0.6) is 5.75 Å². The van der Waals surface area contributed by atoms with Gasteiger partial charge in [-0.3, -0.25) is 5.10 Å². The molecule has 4 nitrogen and oxygen atoms in total. The van der Waals surface area contributed by atoms with Crippen LogP contribution in [-0.2, 0) is 0 Å². The standard InChI is InChI=1S/C17H25N3O/c1-2-3-10-18-14-4-6-15(7-5-14)21-16-8-9-17-13(11-16)12-19-20-17/h8-9,11-12,14-15,18H,2-7,10H2,1H3,(H,19,20). The van der Waals surface area contributed by atoms with E-state index in [1.807, 2.05) is 18.3 Å². The van der Waals surface area contributed by atoms with Crippen molar-refractivity contribution in [2.45, 2.75) is 57.6 Å². The van der Waals surface area contributed by atoms with E-state index in [2.05, 4.69) is 28.5 Å². The Morgan fingerprint density at radius 1 is 1.29 bits per heavy atom. The minimum Gasteiger partial charge on any atom is -0.490 e. The smallest absolute Gasteiger partial charge is 0.120 e. The summed E-state index contributed by atoms with van der Waals surface area (Å²) in [6, 6.07) is 6.83. The van der Waals surface area contributed by atoms with Gasteiger partial charge in [-0.15, -0.1) is 0 Å². The number of nitrogens with zero attached hydrogens (tertiary/aromatic N) is 1. The summed E-state index contributed by atoms with van der Waals surface area (Å²) < 4.78 is 6.14. The molecule has 1 aliphatic rings. The van der Waals surface area contributed by atoms with Crippen molar-refractivity contribution >= 4 is 10.9 Å². The first-order valence-electron chi connectivity index (χ1n) is 8.18. The van der Waals surface area contributed by atoms with Crippen molar-refractivity contribution in [1.29, 1.82) is 0 Å². The first kappa shape index (κ1) is 14.4. The minimum atomic E-state index is 0.360. The number of nitrogens with one attached hydrogen (secondary N) is 2. The second kappa shape index (κ2) is 6.94. The van der Waals surface area contributed by atoms with Gasteiger partial charge in [0.2, 0.25) is 0 Å². The first-order valence-corrected chi connectivity index (χ1v) is 8.18. The molecule has 1 aromatic carbocycles. The molecular formula is C17H25N3O. The number of benzene rings is 1. The Morgan fingerprint density at radius 2 is 2.14 bits per heavy atom. The van der Waals surface area contributed by atoms with Crippen molar-refractivity contribution in [1.82, 2.24) is 15.5 Å². The molecule has 21 heavy (non-hydrogen) atoms. The molecule has 1 aromatic heterocycles. The van der Waals surface area contributed by atoms with Gasteiger partial charge in [-0.05, 0) is 56.8 Å². The van der Waals surface area contributed by atoms with E-state index in [1.165, 1.54) is 25.7 Å². The highest BCUT2D eigenvalue weighted by Gasteiger charge is 2.21. The third-order valence-corrected chi connectivity index (χ3v) is 4.35. The number of aromatic amines is 1. The fourth-order valence-electron chi connectivity index (χ4n) is 3.05. The molecule has 0 aliphatic heterocycles. The van der Waals surface area contributed by atoms with Crippen LogP contribution < -0.4 is 10.1 Å². The van der Waals surface area contributed by atoms with E-state index in [4.69, 9.17) is 4.74 Å². The SMILES string of the molecule is CCCCNC1CCC(Oc2ccc3[nH]ncc3c2)CC1. The molecule has 0 amide bonds. The Balaban J connectivity index is 1.48. The summed E-state index contributed by atoms with van der Waals surface area (Å²) in [4.78, 5) is 0.